The average molecular weight is 427 g/mol. The van der Waals surface area contributed by atoms with Crippen LogP contribution < -0.4 is 0 Å². The topological polar surface area (TPSA) is 0 Å². The molecule has 5 aromatic carbocycles. The maximum absolute atomic E-state index is 6.87. The summed E-state index contributed by atoms with van der Waals surface area (Å²) < 4.78 is 0. The normalized spacial score (nSPS) is 14.0. The second-order valence-electron chi connectivity index (χ2n) is 8.63. The van der Waals surface area contributed by atoms with E-state index in [1.807, 2.05) is 6.07 Å². The quantitative estimate of drug-likeness (QED) is 0.247. The van der Waals surface area contributed by atoms with Gasteiger partial charge in [0, 0.05) is 10.6 Å². The molecule has 0 heterocycles. The van der Waals surface area contributed by atoms with Crippen LogP contribution in [0.3, 0.4) is 0 Å². The van der Waals surface area contributed by atoms with Gasteiger partial charge >= 0.3 is 0 Å². The lowest BCUT2D eigenvalue weighted by atomic mass is 9.70. The standard InChI is InChI=1S/C31H19Cl/c32-29-16-8-15-27-30(29)24-18-17-21(20-9-2-1-3-10-20)19-28(24)31(27)25-13-6-4-11-22(25)23-12-5-7-14-26(23)31/h1-19H. The van der Waals surface area contributed by atoms with E-state index in [4.69, 9.17) is 11.6 Å². The Morgan fingerprint density at radius 2 is 1.06 bits per heavy atom. The Kier molecular flexibility index (Phi) is 3.63. The Morgan fingerprint density at radius 1 is 0.438 bits per heavy atom. The largest absolute Gasteiger partial charge is 0.0837 e. The van der Waals surface area contributed by atoms with Crippen molar-refractivity contribution in [1.82, 2.24) is 0 Å². The third-order valence-electron chi connectivity index (χ3n) is 7.17. The van der Waals surface area contributed by atoms with Gasteiger partial charge in [0.25, 0.3) is 0 Å². The van der Waals surface area contributed by atoms with Gasteiger partial charge < -0.3 is 0 Å². The molecule has 0 aromatic heterocycles. The Labute approximate surface area is 192 Å². The first-order valence-electron chi connectivity index (χ1n) is 11.0. The third kappa shape index (κ3) is 2.13. The Morgan fingerprint density at radius 3 is 1.78 bits per heavy atom. The molecule has 150 valence electrons. The first-order chi connectivity index (χ1) is 15.8. The lowest BCUT2D eigenvalue weighted by molar-refractivity contribution is 0.794. The molecule has 2 aliphatic carbocycles. The summed E-state index contributed by atoms with van der Waals surface area (Å²) in [4.78, 5) is 0. The molecule has 0 saturated heterocycles. The van der Waals surface area contributed by atoms with Gasteiger partial charge in [0.1, 0.15) is 0 Å². The Balaban J connectivity index is 1.66. The van der Waals surface area contributed by atoms with Crippen molar-refractivity contribution in [3.8, 4) is 33.4 Å². The van der Waals surface area contributed by atoms with Crippen molar-refractivity contribution >= 4 is 11.6 Å². The van der Waals surface area contributed by atoms with Crippen molar-refractivity contribution < 1.29 is 0 Å². The number of hydrogen-bond acceptors (Lipinski definition) is 0. The number of benzene rings is 5. The van der Waals surface area contributed by atoms with Crippen LogP contribution in [0.25, 0.3) is 33.4 Å². The van der Waals surface area contributed by atoms with E-state index >= 15 is 0 Å². The fraction of sp³-hybridized carbons (Fsp3) is 0.0323. The van der Waals surface area contributed by atoms with E-state index in [9.17, 15) is 0 Å². The van der Waals surface area contributed by atoms with Gasteiger partial charge in [0.15, 0.2) is 0 Å². The highest BCUT2D eigenvalue weighted by Gasteiger charge is 2.52. The second kappa shape index (κ2) is 6.45. The van der Waals surface area contributed by atoms with Gasteiger partial charge in [0.2, 0.25) is 0 Å². The smallest absolute Gasteiger partial charge is 0.0726 e. The Hall–Kier alpha value is -3.61. The first-order valence-corrected chi connectivity index (χ1v) is 11.4. The van der Waals surface area contributed by atoms with Gasteiger partial charge in [-0.05, 0) is 62.2 Å². The molecule has 0 fully saturated rings. The molecule has 0 saturated carbocycles. The summed E-state index contributed by atoms with van der Waals surface area (Å²) in [5.74, 6) is 0. The highest BCUT2D eigenvalue weighted by Crippen LogP contribution is 2.63. The van der Waals surface area contributed by atoms with Crippen molar-refractivity contribution in [2.45, 2.75) is 5.41 Å². The number of hydrogen-bond donors (Lipinski definition) is 0. The van der Waals surface area contributed by atoms with Crippen LogP contribution in [0.15, 0.2) is 115 Å². The minimum Gasteiger partial charge on any atom is -0.0837 e. The van der Waals surface area contributed by atoms with Crippen LogP contribution in [0.5, 0.6) is 0 Å². The monoisotopic (exact) mass is 426 g/mol. The summed E-state index contributed by atoms with van der Waals surface area (Å²) >= 11 is 6.87. The molecule has 1 heteroatoms. The van der Waals surface area contributed by atoms with Gasteiger partial charge in [-0.2, -0.15) is 0 Å². The zero-order valence-corrected chi connectivity index (χ0v) is 18.1. The maximum atomic E-state index is 6.87. The fourth-order valence-corrected chi connectivity index (χ4v) is 6.23. The van der Waals surface area contributed by atoms with E-state index in [-0.39, 0.29) is 5.41 Å². The molecule has 0 unspecified atom stereocenters. The molecule has 1 spiro atoms. The van der Waals surface area contributed by atoms with Crippen LogP contribution in [0.2, 0.25) is 5.02 Å². The van der Waals surface area contributed by atoms with Crippen LogP contribution in [-0.4, -0.2) is 0 Å². The van der Waals surface area contributed by atoms with Gasteiger partial charge in [-0.15, -0.1) is 0 Å². The minimum absolute atomic E-state index is 0.354. The van der Waals surface area contributed by atoms with Crippen LogP contribution in [0.4, 0.5) is 0 Å². The van der Waals surface area contributed by atoms with E-state index in [0.717, 1.165) is 10.6 Å². The highest BCUT2D eigenvalue weighted by atomic mass is 35.5. The molecule has 0 aliphatic heterocycles. The summed E-state index contributed by atoms with van der Waals surface area (Å²) in [7, 11) is 0. The van der Waals surface area contributed by atoms with Crippen molar-refractivity contribution in [2.24, 2.45) is 0 Å². The van der Waals surface area contributed by atoms with E-state index in [1.165, 1.54) is 50.1 Å². The van der Waals surface area contributed by atoms with Crippen LogP contribution >= 0.6 is 11.6 Å². The molecule has 5 aromatic rings. The fourth-order valence-electron chi connectivity index (χ4n) is 5.95. The van der Waals surface area contributed by atoms with Gasteiger partial charge in [-0.3, -0.25) is 0 Å². The van der Waals surface area contributed by atoms with Gasteiger partial charge in [0.05, 0.1) is 5.41 Å². The summed E-state index contributed by atoms with van der Waals surface area (Å²) in [5, 5.41) is 0.815. The van der Waals surface area contributed by atoms with Crippen molar-refractivity contribution in [1.29, 1.82) is 0 Å². The molecule has 0 atom stereocenters. The average Bonchev–Trinajstić information content (AvgIpc) is 3.32. The molecule has 7 rings (SSSR count). The highest BCUT2D eigenvalue weighted by molar-refractivity contribution is 6.34. The first kappa shape index (κ1) is 18.0. The predicted octanol–water partition coefficient (Wildman–Crippen LogP) is 8.35. The van der Waals surface area contributed by atoms with E-state index in [1.54, 1.807) is 0 Å². The summed E-state index contributed by atoms with van der Waals surface area (Å²) in [6.07, 6.45) is 0. The molecule has 2 aliphatic rings. The number of fused-ring (bicyclic) bond motifs is 10. The lowest BCUT2D eigenvalue weighted by Crippen LogP contribution is -2.25. The van der Waals surface area contributed by atoms with Crippen molar-refractivity contribution in [2.75, 3.05) is 0 Å². The number of rotatable bonds is 1. The maximum Gasteiger partial charge on any atom is 0.0726 e. The predicted molar refractivity (Wildman–Crippen MR) is 133 cm³/mol. The summed E-state index contributed by atoms with van der Waals surface area (Å²) in [6.45, 7) is 0. The molecule has 32 heavy (non-hydrogen) atoms. The van der Waals surface area contributed by atoms with Gasteiger partial charge in [-0.25, -0.2) is 0 Å². The molecule has 0 radical (unpaired) electrons. The van der Waals surface area contributed by atoms with E-state index in [2.05, 4.69) is 109 Å². The summed E-state index contributed by atoms with van der Waals surface area (Å²) in [5.41, 5.74) is 12.4. The van der Waals surface area contributed by atoms with Gasteiger partial charge in [-0.1, -0.05) is 115 Å². The molecule has 0 amide bonds. The van der Waals surface area contributed by atoms with E-state index in [0.29, 0.717) is 0 Å². The van der Waals surface area contributed by atoms with Crippen molar-refractivity contribution in [3.63, 3.8) is 0 Å². The lowest BCUT2D eigenvalue weighted by Gasteiger charge is -2.30. The van der Waals surface area contributed by atoms with Crippen LogP contribution in [0, 0.1) is 0 Å². The molecule has 0 N–H and O–H groups in total. The molecular weight excluding hydrogens is 408 g/mol. The van der Waals surface area contributed by atoms with Crippen LogP contribution in [-0.2, 0) is 5.41 Å². The SMILES string of the molecule is Clc1cccc2c1-c1ccc(-c3ccccc3)cc1C21c2ccccc2-c2ccccc21. The zero-order valence-electron chi connectivity index (χ0n) is 17.3. The molecular formula is C31H19Cl. The van der Waals surface area contributed by atoms with E-state index < -0.39 is 0 Å². The molecule has 0 nitrogen and oxygen atoms in total. The minimum atomic E-state index is -0.354. The second-order valence-corrected chi connectivity index (χ2v) is 9.04. The summed E-state index contributed by atoms with van der Waals surface area (Å²) in [6, 6.07) is 41.6. The third-order valence-corrected chi connectivity index (χ3v) is 7.48. The van der Waals surface area contributed by atoms with Crippen molar-refractivity contribution in [3.05, 3.63) is 143 Å². The van der Waals surface area contributed by atoms with Crippen LogP contribution in [0.1, 0.15) is 22.3 Å². The number of halogens is 1. The zero-order chi connectivity index (χ0) is 21.3. The Bertz CT molecular complexity index is 1480. The molecule has 0 bridgehead atoms.